The van der Waals surface area contributed by atoms with Crippen molar-refractivity contribution in [2.75, 3.05) is 61.7 Å². The highest BCUT2D eigenvalue weighted by atomic mass is 16.6. The molecule has 2 aliphatic rings. The molecule has 1 aromatic heterocycles. The molecule has 0 amide bonds. The monoisotopic (exact) mass is 517 g/mol. The topological polar surface area (TPSA) is 114 Å². The summed E-state index contributed by atoms with van der Waals surface area (Å²) in [4.78, 5) is 30.7. The van der Waals surface area contributed by atoms with E-state index in [-0.39, 0.29) is 0 Å². The molecule has 0 atom stereocenters. The SMILES string of the molecule is COc1cc(/C=N/Nc2nc(N3CCCC3)nc(N3CCOCC3)n2)ccc1OC(=O)c1ccc(C)cc1. The minimum atomic E-state index is -0.453. The summed E-state index contributed by atoms with van der Waals surface area (Å²) >= 11 is 0. The van der Waals surface area contributed by atoms with Gasteiger partial charge in [-0.3, -0.25) is 0 Å². The average molecular weight is 518 g/mol. The summed E-state index contributed by atoms with van der Waals surface area (Å²) < 4.78 is 16.5. The molecule has 38 heavy (non-hydrogen) atoms. The van der Waals surface area contributed by atoms with Crippen molar-refractivity contribution in [1.82, 2.24) is 15.0 Å². The van der Waals surface area contributed by atoms with Crippen LogP contribution in [0.25, 0.3) is 0 Å². The number of hydrogen-bond donors (Lipinski definition) is 1. The van der Waals surface area contributed by atoms with Crippen molar-refractivity contribution in [3.63, 3.8) is 0 Å². The van der Waals surface area contributed by atoms with Crippen LogP contribution in [0.5, 0.6) is 11.5 Å². The van der Waals surface area contributed by atoms with Gasteiger partial charge in [0, 0.05) is 26.2 Å². The van der Waals surface area contributed by atoms with E-state index in [9.17, 15) is 4.79 Å². The maximum Gasteiger partial charge on any atom is 0.343 e. The Morgan fingerprint density at radius 2 is 1.63 bits per heavy atom. The zero-order valence-corrected chi connectivity index (χ0v) is 21.6. The van der Waals surface area contributed by atoms with E-state index in [4.69, 9.17) is 19.2 Å². The van der Waals surface area contributed by atoms with E-state index >= 15 is 0 Å². The van der Waals surface area contributed by atoms with Crippen LogP contribution in [-0.4, -0.2) is 73.6 Å². The number of aromatic nitrogens is 3. The molecule has 2 saturated heterocycles. The van der Waals surface area contributed by atoms with E-state index in [1.165, 1.54) is 7.11 Å². The summed E-state index contributed by atoms with van der Waals surface area (Å²) in [6.07, 6.45) is 3.87. The number of esters is 1. The molecule has 0 radical (unpaired) electrons. The van der Waals surface area contributed by atoms with E-state index < -0.39 is 5.97 Å². The van der Waals surface area contributed by atoms with Gasteiger partial charge in [-0.1, -0.05) is 17.7 Å². The number of morpholine rings is 1. The number of aryl methyl sites for hydroxylation is 1. The average Bonchev–Trinajstić information content (AvgIpc) is 3.50. The van der Waals surface area contributed by atoms with Gasteiger partial charge < -0.3 is 24.0 Å². The van der Waals surface area contributed by atoms with Gasteiger partial charge in [0.15, 0.2) is 11.5 Å². The van der Waals surface area contributed by atoms with Gasteiger partial charge >= 0.3 is 5.97 Å². The summed E-state index contributed by atoms with van der Waals surface area (Å²) in [5.74, 6) is 1.93. The van der Waals surface area contributed by atoms with Gasteiger partial charge in [0.25, 0.3) is 0 Å². The smallest absolute Gasteiger partial charge is 0.343 e. The number of anilines is 3. The van der Waals surface area contributed by atoms with Crippen LogP contribution in [0.15, 0.2) is 47.6 Å². The third-order valence-electron chi connectivity index (χ3n) is 6.35. The van der Waals surface area contributed by atoms with Gasteiger partial charge in [0.05, 0.1) is 32.1 Å². The van der Waals surface area contributed by atoms with E-state index in [0.717, 1.165) is 50.1 Å². The molecule has 0 saturated carbocycles. The van der Waals surface area contributed by atoms with E-state index in [2.05, 4.69) is 30.3 Å². The molecule has 0 unspecified atom stereocenters. The van der Waals surface area contributed by atoms with E-state index in [0.29, 0.717) is 48.1 Å². The number of hydrogen-bond acceptors (Lipinski definition) is 11. The second-order valence-electron chi connectivity index (χ2n) is 9.09. The molecule has 0 aliphatic carbocycles. The number of carbonyl (C=O) groups excluding carboxylic acids is 1. The van der Waals surface area contributed by atoms with Crippen LogP contribution < -0.4 is 24.7 Å². The number of ether oxygens (including phenoxy) is 3. The fraction of sp³-hybridized carbons (Fsp3) is 0.370. The summed E-state index contributed by atoms with van der Waals surface area (Å²) in [6.45, 7) is 6.56. The molecular formula is C27H31N7O4. The Bertz CT molecular complexity index is 1290. The Balaban J connectivity index is 1.29. The van der Waals surface area contributed by atoms with Crippen LogP contribution in [0.4, 0.5) is 17.8 Å². The van der Waals surface area contributed by atoms with Gasteiger partial charge in [0.1, 0.15) is 0 Å². The predicted octanol–water partition coefficient (Wildman–Crippen LogP) is 3.29. The van der Waals surface area contributed by atoms with Gasteiger partial charge in [-0.15, -0.1) is 0 Å². The summed E-state index contributed by atoms with van der Waals surface area (Å²) in [7, 11) is 1.52. The second kappa shape index (κ2) is 11.9. The Hall–Kier alpha value is -4.25. The molecule has 2 fully saturated rings. The van der Waals surface area contributed by atoms with Crippen molar-refractivity contribution in [2.45, 2.75) is 19.8 Å². The number of methoxy groups -OCH3 is 1. The molecule has 0 spiro atoms. The minimum Gasteiger partial charge on any atom is -0.493 e. The number of carbonyl (C=O) groups is 1. The molecule has 2 aromatic carbocycles. The van der Waals surface area contributed by atoms with Gasteiger partial charge in [-0.05, 0) is 55.7 Å². The minimum absolute atomic E-state index is 0.325. The third kappa shape index (κ3) is 6.17. The lowest BCUT2D eigenvalue weighted by atomic mass is 10.1. The van der Waals surface area contributed by atoms with E-state index in [1.54, 1.807) is 36.5 Å². The standard InChI is InChI=1S/C27H31N7O4/c1-19-5-8-21(9-6-19)24(35)38-22-10-7-20(17-23(22)36-2)18-28-32-25-29-26(33-11-3-4-12-33)31-27(30-25)34-13-15-37-16-14-34/h5-10,17-18H,3-4,11-16H2,1-2H3,(H,29,30,31,32)/b28-18+. The second-order valence-corrected chi connectivity index (χ2v) is 9.09. The Morgan fingerprint density at radius 3 is 2.32 bits per heavy atom. The van der Waals surface area contributed by atoms with Gasteiger partial charge in [0.2, 0.25) is 17.8 Å². The molecule has 3 heterocycles. The highest BCUT2D eigenvalue weighted by molar-refractivity contribution is 5.91. The lowest BCUT2D eigenvalue weighted by molar-refractivity contribution is 0.0729. The van der Waals surface area contributed by atoms with Crippen molar-refractivity contribution in [3.8, 4) is 11.5 Å². The van der Waals surface area contributed by atoms with Crippen LogP contribution >= 0.6 is 0 Å². The lowest BCUT2D eigenvalue weighted by Crippen LogP contribution is -2.38. The largest absolute Gasteiger partial charge is 0.493 e. The van der Waals surface area contributed by atoms with Crippen molar-refractivity contribution >= 4 is 30.0 Å². The van der Waals surface area contributed by atoms with Crippen LogP contribution in [-0.2, 0) is 4.74 Å². The third-order valence-corrected chi connectivity index (χ3v) is 6.35. The van der Waals surface area contributed by atoms with Crippen molar-refractivity contribution in [3.05, 3.63) is 59.2 Å². The van der Waals surface area contributed by atoms with Crippen molar-refractivity contribution in [1.29, 1.82) is 0 Å². The first kappa shape index (κ1) is 25.4. The molecule has 5 rings (SSSR count). The van der Waals surface area contributed by atoms with Gasteiger partial charge in [-0.25, -0.2) is 10.2 Å². The zero-order chi connectivity index (χ0) is 26.3. The highest BCUT2D eigenvalue weighted by Gasteiger charge is 2.21. The molecular weight excluding hydrogens is 486 g/mol. The summed E-state index contributed by atoms with van der Waals surface area (Å²) in [6, 6.07) is 12.4. The lowest BCUT2D eigenvalue weighted by Gasteiger charge is -2.27. The number of hydrazone groups is 1. The number of nitrogens with one attached hydrogen (secondary N) is 1. The van der Waals surface area contributed by atoms with Crippen molar-refractivity contribution in [2.24, 2.45) is 5.10 Å². The predicted molar refractivity (Wildman–Crippen MR) is 145 cm³/mol. The zero-order valence-electron chi connectivity index (χ0n) is 21.6. The normalized spacial score (nSPS) is 15.6. The fourth-order valence-corrected chi connectivity index (χ4v) is 4.23. The molecule has 3 aromatic rings. The van der Waals surface area contributed by atoms with Crippen LogP contribution in [0.1, 0.15) is 34.3 Å². The van der Waals surface area contributed by atoms with Crippen LogP contribution in [0, 0.1) is 6.92 Å². The Morgan fingerprint density at radius 1 is 0.947 bits per heavy atom. The molecule has 1 N–H and O–H groups in total. The fourth-order valence-electron chi connectivity index (χ4n) is 4.23. The summed E-state index contributed by atoms with van der Waals surface area (Å²) in [5, 5.41) is 4.33. The number of rotatable bonds is 8. The molecule has 2 aliphatic heterocycles. The number of benzene rings is 2. The quantitative estimate of drug-likeness (QED) is 0.207. The van der Waals surface area contributed by atoms with Crippen LogP contribution in [0.3, 0.4) is 0 Å². The van der Waals surface area contributed by atoms with Crippen molar-refractivity contribution < 1.29 is 19.0 Å². The first-order chi connectivity index (χ1) is 18.6. The Kier molecular flexibility index (Phi) is 7.93. The molecule has 11 heteroatoms. The highest BCUT2D eigenvalue weighted by Crippen LogP contribution is 2.28. The maximum absolute atomic E-state index is 12.5. The maximum atomic E-state index is 12.5. The van der Waals surface area contributed by atoms with Crippen LogP contribution in [0.2, 0.25) is 0 Å². The summed E-state index contributed by atoms with van der Waals surface area (Å²) in [5.41, 5.74) is 5.22. The first-order valence-electron chi connectivity index (χ1n) is 12.7. The van der Waals surface area contributed by atoms with Gasteiger partial charge in [-0.2, -0.15) is 20.1 Å². The first-order valence-corrected chi connectivity index (χ1v) is 12.7. The number of nitrogens with zero attached hydrogens (tertiary/aromatic N) is 6. The molecule has 0 bridgehead atoms. The molecule has 11 nitrogen and oxygen atoms in total. The van der Waals surface area contributed by atoms with E-state index in [1.807, 2.05) is 19.1 Å². The molecule has 198 valence electrons. The Labute approximate surface area is 221 Å².